The zero-order valence-electron chi connectivity index (χ0n) is 14.7. The predicted molar refractivity (Wildman–Crippen MR) is 108 cm³/mol. The monoisotopic (exact) mass is 388 g/mol. The number of halogens is 1. The first kappa shape index (κ1) is 18.4. The van der Waals surface area contributed by atoms with Gasteiger partial charge in [0.2, 0.25) is 0 Å². The number of anilines is 1. The predicted octanol–water partition coefficient (Wildman–Crippen LogP) is 3.60. The second kappa shape index (κ2) is 8.33. The van der Waals surface area contributed by atoms with Crippen LogP contribution in [0.4, 0.5) is 5.82 Å². The van der Waals surface area contributed by atoms with Gasteiger partial charge in [-0.25, -0.2) is 0 Å². The van der Waals surface area contributed by atoms with Crippen molar-refractivity contribution in [3.8, 4) is 0 Å². The van der Waals surface area contributed by atoms with Gasteiger partial charge in [0.25, 0.3) is 0 Å². The maximum atomic E-state index is 6.20. The van der Waals surface area contributed by atoms with Gasteiger partial charge in [-0.05, 0) is 37.7 Å². The van der Waals surface area contributed by atoms with Crippen LogP contribution in [0.25, 0.3) is 0 Å². The van der Waals surface area contributed by atoms with Gasteiger partial charge in [0.05, 0.1) is 12.2 Å². The summed E-state index contributed by atoms with van der Waals surface area (Å²) >= 11 is 11.5. The van der Waals surface area contributed by atoms with Crippen molar-refractivity contribution in [3.63, 3.8) is 0 Å². The summed E-state index contributed by atoms with van der Waals surface area (Å²) in [4.78, 5) is 0. The van der Waals surface area contributed by atoms with E-state index in [1.54, 1.807) is 0 Å². The molecule has 0 atom stereocenters. The summed E-state index contributed by atoms with van der Waals surface area (Å²) in [5.74, 6) is 0.690. The van der Waals surface area contributed by atoms with Crippen LogP contribution in [0, 0.1) is 6.92 Å². The molecular weight excluding hydrogens is 368 g/mol. The number of hydrogen-bond donors (Lipinski definition) is 2. The van der Waals surface area contributed by atoms with E-state index >= 15 is 0 Å². The van der Waals surface area contributed by atoms with E-state index in [0.29, 0.717) is 24.0 Å². The third kappa shape index (κ3) is 4.62. The number of nitrogens with zero attached hydrogens (tertiary/aromatic N) is 4. The van der Waals surface area contributed by atoms with E-state index in [-0.39, 0.29) is 0 Å². The Morgan fingerprint density at radius 1 is 1.15 bits per heavy atom. The van der Waals surface area contributed by atoms with Gasteiger partial charge in [0.15, 0.2) is 10.9 Å². The molecule has 3 aromatic rings. The minimum atomic E-state index is 0.525. The van der Waals surface area contributed by atoms with E-state index in [1.807, 2.05) is 59.0 Å². The maximum absolute atomic E-state index is 6.20. The van der Waals surface area contributed by atoms with Gasteiger partial charge >= 0.3 is 0 Å². The fourth-order valence-electron chi connectivity index (χ4n) is 2.55. The van der Waals surface area contributed by atoms with Gasteiger partial charge in [0.1, 0.15) is 0 Å². The topological polar surface area (TPSA) is 59.7 Å². The molecule has 2 N–H and O–H groups in total. The quantitative estimate of drug-likeness (QED) is 0.632. The lowest BCUT2D eigenvalue weighted by molar-refractivity contribution is 0.653. The first-order valence-corrected chi connectivity index (χ1v) is 9.18. The van der Waals surface area contributed by atoms with Crippen LogP contribution in [0.2, 0.25) is 5.02 Å². The number of aryl methyl sites for hydroxylation is 2. The highest BCUT2D eigenvalue weighted by Crippen LogP contribution is 2.16. The van der Waals surface area contributed by atoms with E-state index in [9.17, 15) is 0 Å². The summed E-state index contributed by atoms with van der Waals surface area (Å²) in [6.07, 6.45) is 3.92. The van der Waals surface area contributed by atoms with E-state index in [2.05, 4.69) is 27.8 Å². The molecule has 26 heavy (non-hydrogen) atoms. The van der Waals surface area contributed by atoms with Gasteiger partial charge in [0, 0.05) is 42.1 Å². The Kier molecular flexibility index (Phi) is 5.90. The highest BCUT2D eigenvalue weighted by atomic mass is 35.5. The van der Waals surface area contributed by atoms with Crippen LogP contribution in [0.5, 0.6) is 0 Å². The van der Waals surface area contributed by atoms with Crippen LogP contribution in [0.15, 0.2) is 42.7 Å². The molecule has 1 aromatic carbocycles. The molecule has 0 saturated carbocycles. The first-order valence-electron chi connectivity index (χ1n) is 8.39. The molecule has 136 valence electrons. The number of thiocarbonyl (C=S) groups is 1. The minimum absolute atomic E-state index is 0.525. The van der Waals surface area contributed by atoms with Crippen LogP contribution < -0.4 is 10.6 Å². The van der Waals surface area contributed by atoms with Crippen molar-refractivity contribution >= 4 is 34.7 Å². The summed E-state index contributed by atoms with van der Waals surface area (Å²) in [5, 5.41) is 16.5. The molecule has 0 aliphatic heterocycles. The molecule has 0 spiro atoms. The molecular formula is C18H21ClN6S. The van der Waals surface area contributed by atoms with Gasteiger partial charge in [-0.1, -0.05) is 29.8 Å². The van der Waals surface area contributed by atoms with Gasteiger partial charge in [-0.2, -0.15) is 10.2 Å². The van der Waals surface area contributed by atoms with E-state index in [1.165, 1.54) is 0 Å². The molecule has 0 bridgehead atoms. The van der Waals surface area contributed by atoms with E-state index in [0.717, 1.165) is 28.4 Å². The molecule has 0 radical (unpaired) electrons. The molecule has 3 rings (SSSR count). The molecule has 0 fully saturated rings. The summed E-state index contributed by atoms with van der Waals surface area (Å²) in [6.45, 7) is 6.15. The highest BCUT2D eigenvalue weighted by Gasteiger charge is 2.07. The minimum Gasteiger partial charge on any atom is -0.358 e. The molecule has 2 heterocycles. The van der Waals surface area contributed by atoms with E-state index < -0.39 is 0 Å². The Labute approximate surface area is 163 Å². The molecule has 0 amide bonds. The Morgan fingerprint density at radius 3 is 2.69 bits per heavy atom. The lowest BCUT2D eigenvalue weighted by Crippen LogP contribution is -2.28. The molecule has 0 aliphatic rings. The van der Waals surface area contributed by atoms with Gasteiger partial charge in [-0.3, -0.25) is 9.36 Å². The van der Waals surface area contributed by atoms with Crippen molar-refractivity contribution in [2.24, 2.45) is 0 Å². The van der Waals surface area contributed by atoms with Crippen LogP contribution in [0.1, 0.15) is 23.7 Å². The second-order valence-electron chi connectivity index (χ2n) is 5.89. The lowest BCUT2D eigenvalue weighted by Gasteiger charge is -2.08. The molecule has 0 unspecified atom stereocenters. The van der Waals surface area contributed by atoms with Crippen molar-refractivity contribution in [1.29, 1.82) is 0 Å². The van der Waals surface area contributed by atoms with Crippen molar-refractivity contribution in [2.45, 2.75) is 33.5 Å². The number of rotatable bonds is 6. The fraction of sp³-hybridized carbons (Fsp3) is 0.278. The second-order valence-corrected chi connectivity index (χ2v) is 6.71. The van der Waals surface area contributed by atoms with Gasteiger partial charge in [-0.15, -0.1) is 0 Å². The van der Waals surface area contributed by atoms with Crippen molar-refractivity contribution in [1.82, 2.24) is 24.9 Å². The molecule has 0 aliphatic carbocycles. The molecule has 6 nitrogen and oxygen atoms in total. The Balaban J connectivity index is 1.54. The number of aromatic nitrogens is 4. The van der Waals surface area contributed by atoms with Gasteiger partial charge < -0.3 is 10.6 Å². The highest BCUT2D eigenvalue weighted by molar-refractivity contribution is 7.80. The number of benzene rings is 1. The molecule has 2 aromatic heterocycles. The summed E-state index contributed by atoms with van der Waals surface area (Å²) in [6, 6.07) is 9.62. The summed E-state index contributed by atoms with van der Waals surface area (Å²) in [7, 11) is 0. The Morgan fingerprint density at radius 2 is 1.96 bits per heavy atom. The summed E-state index contributed by atoms with van der Waals surface area (Å²) < 4.78 is 3.74. The lowest BCUT2D eigenvalue weighted by atomic mass is 10.2. The standard InChI is InChI=1S/C18H21ClN6S/c1-3-24-12-15(13(2)22-24)10-20-18(26)21-17-8-9-25(23-17)11-14-6-4-5-7-16(14)19/h4-9,12H,3,10-11H2,1-2H3,(H2,20,21,23,26). The zero-order chi connectivity index (χ0) is 18.5. The van der Waals surface area contributed by atoms with Crippen molar-refractivity contribution in [3.05, 3.63) is 64.6 Å². The first-order chi connectivity index (χ1) is 12.5. The largest absolute Gasteiger partial charge is 0.358 e. The van der Waals surface area contributed by atoms with E-state index in [4.69, 9.17) is 23.8 Å². The SMILES string of the molecule is CCn1cc(CNC(=S)Nc2ccn(Cc3ccccc3Cl)n2)c(C)n1. The fourth-order valence-corrected chi connectivity index (χ4v) is 2.92. The Hall–Kier alpha value is -2.38. The maximum Gasteiger partial charge on any atom is 0.172 e. The number of hydrogen-bond acceptors (Lipinski definition) is 3. The normalized spacial score (nSPS) is 10.7. The van der Waals surface area contributed by atoms with Crippen LogP contribution in [0.3, 0.4) is 0 Å². The third-order valence-corrected chi connectivity index (χ3v) is 4.60. The Bertz CT molecular complexity index is 901. The smallest absolute Gasteiger partial charge is 0.172 e. The van der Waals surface area contributed by atoms with Crippen LogP contribution >= 0.6 is 23.8 Å². The van der Waals surface area contributed by atoms with Crippen LogP contribution in [-0.2, 0) is 19.6 Å². The third-order valence-electron chi connectivity index (χ3n) is 3.98. The van der Waals surface area contributed by atoms with Crippen molar-refractivity contribution < 1.29 is 0 Å². The van der Waals surface area contributed by atoms with Crippen molar-refractivity contribution in [2.75, 3.05) is 5.32 Å². The zero-order valence-corrected chi connectivity index (χ0v) is 16.3. The molecule has 8 heteroatoms. The summed E-state index contributed by atoms with van der Waals surface area (Å²) in [5.41, 5.74) is 3.15. The number of nitrogens with one attached hydrogen (secondary N) is 2. The van der Waals surface area contributed by atoms with Crippen LogP contribution in [-0.4, -0.2) is 24.7 Å². The average Bonchev–Trinajstić information content (AvgIpc) is 3.21. The average molecular weight is 389 g/mol. The molecule has 0 saturated heterocycles.